The minimum absolute atomic E-state index is 0.0130. The van der Waals surface area contributed by atoms with Crippen molar-refractivity contribution < 1.29 is 45.4 Å². The van der Waals surface area contributed by atoms with Gasteiger partial charge in [0.1, 0.15) is 34.9 Å². The highest BCUT2D eigenvalue weighted by molar-refractivity contribution is 6.05. The van der Waals surface area contributed by atoms with E-state index in [2.05, 4.69) is 10.1 Å². The number of aromatic nitrogens is 1. The smallest absolute Gasteiger partial charge is 0.387 e. The van der Waals surface area contributed by atoms with Crippen LogP contribution in [0, 0.1) is 17.6 Å². The molecule has 1 saturated heterocycles. The predicted molar refractivity (Wildman–Crippen MR) is 141 cm³/mol. The Bertz CT molecular complexity index is 1570. The topological polar surface area (TPSA) is 89.9 Å². The van der Waals surface area contributed by atoms with Gasteiger partial charge in [0.05, 0.1) is 7.11 Å². The number of carbonyl (C=O) groups excluding carboxylic acids is 2. The van der Waals surface area contributed by atoms with Gasteiger partial charge in [0.2, 0.25) is 11.8 Å². The van der Waals surface area contributed by atoms with Gasteiger partial charge in [-0.2, -0.15) is 8.78 Å². The molecule has 3 aromatic rings. The van der Waals surface area contributed by atoms with E-state index in [0.29, 0.717) is 0 Å². The van der Waals surface area contributed by atoms with E-state index >= 15 is 8.78 Å². The number of alkyl halides is 4. The summed E-state index contributed by atoms with van der Waals surface area (Å²) < 4.78 is 92.5. The number of carbonyl (C=O) groups is 2. The maximum atomic E-state index is 15.2. The molecule has 228 valence electrons. The van der Waals surface area contributed by atoms with Gasteiger partial charge in [-0.05, 0) is 42.3 Å². The van der Waals surface area contributed by atoms with E-state index < -0.39 is 71.5 Å². The second-order valence-electron chi connectivity index (χ2n) is 10.4. The molecule has 1 aromatic heterocycles. The lowest BCUT2D eigenvalue weighted by atomic mass is 9.81. The van der Waals surface area contributed by atoms with Crippen LogP contribution in [0.2, 0.25) is 0 Å². The third-order valence-electron chi connectivity index (χ3n) is 7.52. The molecule has 2 heterocycles. The van der Waals surface area contributed by atoms with E-state index in [4.69, 9.17) is 4.74 Å². The van der Waals surface area contributed by atoms with Crippen LogP contribution in [0.15, 0.2) is 59.5 Å². The van der Waals surface area contributed by atoms with E-state index in [9.17, 15) is 31.9 Å². The fourth-order valence-corrected chi connectivity index (χ4v) is 5.48. The molecule has 0 radical (unpaired) electrons. The number of methoxy groups -OCH3 is 1. The fraction of sp³-hybridized carbons (Fsp3) is 0.345. The second kappa shape index (κ2) is 11.7. The SMILES string of the molecule is COc1cc(F)c([C@@H]2CN(c3cccn(CC4CC(F)(F)C4)c3=O)C(=O)[C@H]2NC(=O)c2ccc(OC(F)F)cc2)c(F)c1. The van der Waals surface area contributed by atoms with Crippen LogP contribution >= 0.6 is 0 Å². The molecule has 2 amide bonds. The summed E-state index contributed by atoms with van der Waals surface area (Å²) in [5.41, 5.74) is -1.44. The zero-order chi connectivity index (χ0) is 31.1. The van der Waals surface area contributed by atoms with Gasteiger partial charge in [-0.3, -0.25) is 14.4 Å². The lowest BCUT2D eigenvalue weighted by Gasteiger charge is -2.35. The molecule has 2 fully saturated rings. The van der Waals surface area contributed by atoms with Crippen LogP contribution in [0.4, 0.5) is 32.0 Å². The number of amides is 2. The average Bonchev–Trinajstić information content (AvgIpc) is 3.23. The molecule has 0 spiro atoms. The van der Waals surface area contributed by atoms with E-state index in [0.717, 1.165) is 41.3 Å². The molecular formula is C29H25F6N3O5. The number of halogens is 6. The van der Waals surface area contributed by atoms with Gasteiger partial charge in [0.15, 0.2) is 0 Å². The lowest BCUT2D eigenvalue weighted by Crippen LogP contribution is -2.45. The van der Waals surface area contributed by atoms with Crippen molar-refractivity contribution in [1.82, 2.24) is 9.88 Å². The molecule has 1 N–H and O–H groups in total. The summed E-state index contributed by atoms with van der Waals surface area (Å²) >= 11 is 0. The highest BCUT2D eigenvalue weighted by atomic mass is 19.3. The highest BCUT2D eigenvalue weighted by Crippen LogP contribution is 2.43. The summed E-state index contributed by atoms with van der Waals surface area (Å²) in [5.74, 6) is -8.73. The van der Waals surface area contributed by atoms with Crippen molar-refractivity contribution in [3.05, 3.63) is 87.8 Å². The van der Waals surface area contributed by atoms with Gasteiger partial charge < -0.3 is 24.3 Å². The zero-order valence-corrected chi connectivity index (χ0v) is 22.5. The normalized spacial score (nSPS) is 19.8. The number of benzene rings is 2. The molecule has 1 aliphatic heterocycles. The van der Waals surface area contributed by atoms with Crippen molar-refractivity contribution in [1.29, 1.82) is 0 Å². The quantitative estimate of drug-likeness (QED) is 0.355. The van der Waals surface area contributed by atoms with Crippen molar-refractivity contribution in [2.24, 2.45) is 5.92 Å². The summed E-state index contributed by atoms with van der Waals surface area (Å²) in [4.78, 5) is 41.1. The molecule has 14 heteroatoms. The van der Waals surface area contributed by atoms with Crippen molar-refractivity contribution in [3.8, 4) is 11.5 Å². The summed E-state index contributed by atoms with van der Waals surface area (Å²) in [6.45, 7) is -3.51. The highest BCUT2D eigenvalue weighted by Gasteiger charge is 2.47. The number of nitrogens with one attached hydrogen (secondary N) is 1. The van der Waals surface area contributed by atoms with Gasteiger partial charge in [-0.25, -0.2) is 17.6 Å². The Morgan fingerprint density at radius 1 is 1.05 bits per heavy atom. The first kappa shape index (κ1) is 30.0. The van der Waals surface area contributed by atoms with E-state index in [-0.39, 0.29) is 42.1 Å². The summed E-state index contributed by atoms with van der Waals surface area (Å²) in [6, 6.07) is 7.56. The maximum absolute atomic E-state index is 15.2. The maximum Gasteiger partial charge on any atom is 0.387 e. The molecule has 5 rings (SSSR count). The number of pyridine rings is 1. The predicted octanol–water partition coefficient (Wildman–Crippen LogP) is 4.71. The van der Waals surface area contributed by atoms with E-state index in [1.807, 2.05) is 0 Å². The third kappa shape index (κ3) is 6.18. The van der Waals surface area contributed by atoms with Gasteiger partial charge in [-0.15, -0.1) is 0 Å². The Kier molecular flexibility index (Phi) is 8.12. The molecule has 43 heavy (non-hydrogen) atoms. The van der Waals surface area contributed by atoms with Crippen LogP contribution in [-0.2, 0) is 11.3 Å². The number of nitrogens with zero attached hydrogens (tertiary/aromatic N) is 2. The van der Waals surface area contributed by atoms with E-state index in [1.165, 1.54) is 30.0 Å². The molecule has 8 nitrogen and oxygen atoms in total. The van der Waals surface area contributed by atoms with Gasteiger partial charge in [0.25, 0.3) is 11.5 Å². The number of rotatable bonds is 9. The minimum atomic E-state index is -3.09. The van der Waals surface area contributed by atoms with Gasteiger partial charge in [-0.1, -0.05) is 0 Å². The molecule has 1 aliphatic carbocycles. The molecule has 0 bridgehead atoms. The van der Waals surface area contributed by atoms with Crippen LogP contribution in [0.5, 0.6) is 11.5 Å². The zero-order valence-electron chi connectivity index (χ0n) is 22.5. The molecular weight excluding hydrogens is 584 g/mol. The van der Waals surface area contributed by atoms with Crippen molar-refractivity contribution in [2.75, 3.05) is 18.6 Å². The fourth-order valence-electron chi connectivity index (χ4n) is 5.48. The van der Waals surface area contributed by atoms with Gasteiger partial charge in [0, 0.05) is 61.3 Å². The molecule has 2 aliphatic rings. The Balaban J connectivity index is 1.47. The van der Waals surface area contributed by atoms with Crippen LogP contribution in [0.3, 0.4) is 0 Å². The summed E-state index contributed by atoms with van der Waals surface area (Å²) in [7, 11) is 1.21. The van der Waals surface area contributed by atoms with Crippen LogP contribution in [-0.4, -0.2) is 48.6 Å². The first-order valence-electron chi connectivity index (χ1n) is 13.1. The average molecular weight is 610 g/mol. The largest absolute Gasteiger partial charge is 0.497 e. The van der Waals surface area contributed by atoms with Crippen molar-refractivity contribution in [2.45, 2.75) is 43.9 Å². The monoisotopic (exact) mass is 609 g/mol. The van der Waals surface area contributed by atoms with Crippen LogP contribution in [0.1, 0.15) is 34.7 Å². The van der Waals surface area contributed by atoms with Crippen LogP contribution in [0.25, 0.3) is 0 Å². The Labute approximate surface area is 240 Å². The van der Waals surface area contributed by atoms with Crippen LogP contribution < -0.4 is 25.2 Å². The van der Waals surface area contributed by atoms with Crippen molar-refractivity contribution in [3.63, 3.8) is 0 Å². The number of hydrogen-bond acceptors (Lipinski definition) is 5. The standard InChI is InChI=1S/C29H25F6N3O5/c1-42-18-9-20(30)23(21(31)10-18)19-14-38(22-3-2-8-37(26(22)40)13-15-11-29(34,35)12-15)27(41)24(19)36-25(39)16-4-6-17(7-5-16)43-28(32)33/h2-10,15,19,24,28H,11-14H2,1H3,(H,36,39)/t19-,24-/m0/s1. The Morgan fingerprint density at radius 3 is 2.28 bits per heavy atom. The summed E-state index contributed by atoms with van der Waals surface area (Å²) in [6.07, 6.45) is 0.630. The Hall–Kier alpha value is -4.49. The first-order chi connectivity index (χ1) is 20.4. The second-order valence-corrected chi connectivity index (χ2v) is 10.4. The Morgan fingerprint density at radius 2 is 1.70 bits per heavy atom. The molecule has 2 atom stereocenters. The molecule has 0 unspecified atom stereocenters. The number of ether oxygens (including phenoxy) is 2. The lowest BCUT2D eigenvalue weighted by molar-refractivity contribution is -0.118. The van der Waals surface area contributed by atoms with Gasteiger partial charge >= 0.3 is 6.61 Å². The van der Waals surface area contributed by atoms with E-state index in [1.54, 1.807) is 0 Å². The first-order valence-corrected chi connectivity index (χ1v) is 13.1. The number of hydrogen-bond donors (Lipinski definition) is 1. The van der Waals surface area contributed by atoms with Crippen molar-refractivity contribution >= 4 is 17.5 Å². The molecule has 1 saturated carbocycles. The minimum Gasteiger partial charge on any atom is -0.497 e. The molecule has 2 aromatic carbocycles. The third-order valence-corrected chi connectivity index (χ3v) is 7.52. The summed E-state index contributed by atoms with van der Waals surface area (Å²) in [5, 5.41) is 2.45. The number of anilines is 1.